The molecule has 4 nitrogen and oxygen atoms in total. The lowest BCUT2D eigenvalue weighted by atomic mass is 9.98. The van der Waals surface area contributed by atoms with Crippen molar-refractivity contribution >= 4 is 23.2 Å². The van der Waals surface area contributed by atoms with Crippen LogP contribution in [0.15, 0.2) is 66.7 Å². The van der Waals surface area contributed by atoms with Gasteiger partial charge in [-0.2, -0.15) is 0 Å². The van der Waals surface area contributed by atoms with Gasteiger partial charge in [-0.25, -0.2) is 0 Å². The van der Waals surface area contributed by atoms with Crippen molar-refractivity contribution in [1.29, 1.82) is 0 Å². The third kappa shape index (κ3) is 4.06. The van der Waals surface area contributed by atoms with E-state index in [-0.39, 0.29) is 11.8 Å². The molecule has 0 unspecified atom stereocenters. The monoisotopic (exact) mass is 384 g/mol. The molecule has 0 fully saturated rings. The zero-order valence-corrected chi connectivity index (χ0v) is 16.7. The van der Waals surface area contributed by atoms with Crippen LogP contribution in [0, 0.1) is 13.8 Å². The van der Waals surface area contributed by atoms with Gasteiger partial charge < -0.3 is 10.2 Å². The van der Waals surface area contributed by atoms with Crippen molar-refractivity contribution in [3.8, 4) is 0 Å². The van der Waals surface area contributed by atoms with Crippen molar-refractivity contribution < 1.29 is 9.59 Å². The summed E-state index contributed by atoms with van der Waals surface area (Å²) in [6.07, 6.45) is 1.74. The first-order chi connectivity index (χ1) is 14.0. The largest absolute Gasteiger partial charge is 0.322 e. The number of benzene rings is 3. The van der Waals surface area contributed by atoms with Gasteiger partial charge in [-0.1, -0.05) is 35.4 Å². The number of hydrogen-bond donors (Lipinski definition) is 1. The number of hydrogen-bond acceptors (Lipinski definition) is 2. The lowest BCUT2D eigenvalue weighted by Crippen LogP contribution is -2.35. The van der Waals surface area contributed by atoms with Gasteiger partial charge in [-0.05, 0) is 74.7 Å². The molecule has 1 heterocycles. The van der Waals surface area contributed by atoms with Crippen LogP contribution in [-0.2, 0) is 6.42 Å². The number of aryl methyl sites for hydroxylation is 3. The summed E-state index contributed by atoms with van der Waals surface area (Å²) in [6.45, 7) is 4.69. The fourth-order valence-corrected chi connectivity index (χ4v) is 3.72. The molecule has 4 heteroatoms. The number of carbonyl (C=O) groups excluding carboxylic acids is 2. The number of fused-ring (bicyclic) bond motifs is 1. The quantitative estimate of drug-likeness (QED) is 0.679. The second-order valence-electron chi connectivity index (χ2n) is 7.59. The first kappa shape index (κ1) is 18.9. The molecule has 2 amide bonds. The van der Waals surface area contributed by atoms with E-state index >= 15 is 0 Å². The minimum Gasteiger partial charge on any atom is -0.322 e. The average Bonchev–Trinajstić information content (AvgIpc) is 2.74. The Balaban J connectivity index is 1.57. The molecule has 0 aromatic heterocycles. The zero-order valence-electron chi connectivity index (χ0n) is 16.7. The zero-order chi connectivity index (χ0) is 20.4. The summed E-state index contributed by atoms with van der Waals surface area (Å²) < 4.78 is 0. The second-order valence-corrected chi connectivity index (χ2v) is 7.59. The minimum absolute atomic E-state index is 0.00602. The fraction of sp³-hybridized carbons (Fsp3) is 0.200. The maximum Gasteiger partial charge on any atom is 0.258 e. The Morgan fingerprint density at radius 1 is 0.862 bits per heavy atom. The summed E-state index contributed by atoms with van der Waals surface area (Å²) in [5, 5.41) is 2.94. The summed E-state index contributed by atoms with van der Waals surface area (Å²) >= 11 is 0. The van der Waals surface area contributed by atoms with Crippen LogP contribution in [-0.4, -0.2) is 18.4 Å². The highest BCUT2D eigenvalue weighted by Gasteiger charge is 2.24. The first-order valence-electron chi connectivity index (χ1n) is 9.91. The van der Waals surface area contributed by atoms with Gasteiger partial charge in [0.05, 0.1) is 0 Å². The summed E-state index contributed by atoms with van der Waals surface area (Å²) in [4.78, 5) is 27.5. The molecule has 0 saturated carbocycles. The maximum absolute atomic E-state index is 13.0. The van der Waals surface area contributed by atoms with E-state index in [1.165, 1.54) is 0 Å². The van der Waals surface area contributed by atoms with Crippen LogP contribution in [0.2, 0.25) is 0 Å². The van der Waals surface area contributed by atoms with Gasteiger partial charge in [-0.15, -0.1) is 0 Å². The van der Waals surface area contributed by atoms with Crippen molar-refractivity contribution in [2.45, 2.75) is 26.7 Å². The summed E-state index contributed by atoms with van der Waals surface area (Å²) in [6, 6.07) is 21.0. The molecule has 0 spiro atoms. The smallest absolute Gasteiger partial charge is 0.258 e. The molecule has 3 aromatic rings. The Labute approximate surface area is 171 Å². The van der Waals surface area contributed by atoms with E-state index in [0.29, 0.717) is 17.7 Å². The van der Waals surface area contributed by atoms with Gasteiger partial charge in [0.1, 0.15) is 0 Å². The van der Waals surface area contributed by atoms with Crippen molar-refractivity contribution in [3.05, 3.63) is 94.5 Å². The van der Waals surface area contributed by atoms with E-state index in [0.717, 1.165) is 40.9 Å². The highest BCUT2D eigenvalue weighted by atomic mass is 16.2. The minimum atomic E-state index is -0.140. The molecular formula is C25H24N2O2. The Hall–Kier alpha value is -3.40. The average molecular weight is 384 g/mol. The van der Waals surface area contributed by atoms with Crippen molar-refractivity contribution in [3.63, 3.8) is 0 Å². The van der Waals surface area contributed by atoms with Gasteiger partial charge in [0.25, 0.3) is 11.8 Å². The lowest BCUT2D eigenvalue weighted by Gasteiger charge is -2.30. The maximum atomic E-state index is 13.0. The van der Waals surface area contributed by atoms with Gasteiger partial charge >= 0.3 is 0 Å². The van der Waals surface area contributed by atoms with Crippen molar-refractivity contribution in [1.82, 2.24) is 0 Å². The lowest BCUT2D eigenvalue weighted by molar-refractivity contribution is 0.0984. The van der Waals surface area contributed by atoms with Gasteiger partial charge in [-0.3, -0.25) is 9.59 Å². The molecule has 0 aliphatic carbocycles. The van der Waals surface area contributed by atoms with Crippen molar-refractivity contribution in [2.75, 3.05) is 16.8 Å². The third-order valence-electron chi connectivity index (χ3n) is 5.28. The Morgan fingerprint density at radius 2 is 1.66 bits per heavy atom. The molecule has 146 valence electrons. The molecule has 3 aromatic carbocycles. The summed E-state index contributed by atoms with van der Waals surface area (Å²) in [5.41, 5.74) is 6.22. The predicted molar refractivity (Wildman–Crippen MR) is 117 cm³/mol. The Morgan fingerprint density at radius 3 is 2.41 bits per heavy atom. The number of amides is 2. The molecule has 0 radical (unpaired) electrons. The van der Waals surface area contributed by atoms with Crippen LogP contribution in [0.25, 0.3) is 0 Å². The number of carbonyl (C=O) groups is 2. The molecule has 4 rings (SSSR count). The number of rotatable bonds is 3. The van der Waals surface area contributed by atoms with Crippen LogP contribution in [0.3, 0.4) is 0 Å². The number of anilines is 2. The fourth-order valence-electron chi connectivity index (χ4n) is 3.72. The van der Waals surface area contributed by atoms with Crippen LogP contribution >= 0.6 is 0 Å². The van der Waals surface area contributed by atoms with E-state index in [9.17, 15) is 9.59 Å². The normalized spacial score (nSPS) is 13.0. The van der Waals surface area contributed by atoms with E-state index in [1.807, 2.05) is 79.4 Å². The van der Waals surface area contributed by atoms with Crippen LogP contribution in [0.4, 0.5) is 11.4 Å². The Bertz CT molecular complexity index is 1070. The highest BCUT2D eigenvalue weighted by molar-refractivity contribution is 6.08. The van der Waals surface area contributed by atoms with Crippen molar-refractivity contribution in [2.24, 2.45) is 0 Å². The van der Waals surface area contributed by atoms with Gasteiger partial charge in [0.2, 0.25) is 0 Å². The SMILES string of the molecule is Cc1ccc(NC(=O)c2ccc3c(c2)CCCN3C(=O)c2cccc(C)c2)cc1. The number of nitrogens with zero attached hydrogens (tertiary/aromatic N) is 1. The van der Waals surface area contributed by atoms with Crippen LogP contribution in [0.5, 0.6) is 0 Å². The Kier molecular flexibility index (Phi) is 5.17. The topological polar surface area (TPSA) is 49.4 Å². The molecule has 1 N–H and O–H groups in total. The summed E-state index contributed by atoms with van der Waals surface area (Å²) in [5.74, 6) is -0.134. The van der Waals surface area contributed by atoms with E-state index in [4.69, 9.17) is 0 Å². The molecular weight excluding hydrogens is 360 g/mol. The molecule has 1 aliphatic rings. The van der Waals surface area contributed by atoms with Crippen LogP contribution < -0.4 is 10.2 Å². The first-order valence-corrected chi connectivity index (χ1v) is 9.91. The van der Waals surface area contributed by atoms with E-state index in [2.05, 4.69) is 5.32 Å². The third-order valence-corrected chi connectivity index (χ3v) is 5.28. The second kappa shape index (κ2) is 7.92. The number of nitrogens with one attached hydrogen (secondary N) is 1. The van der Waals surface area contributed by atoms with E-state index < -0.39 is 0 Å². The van der Waals surface area contributed by atoms with Gasteiger partial charge in [0.15, 0.2) is 0 Å². The molecule has 0 saturated heterocycles. The standard InChI is InChI=1S/C25H24N2O2/c1-17-8-11-22(12-9-17)26-24(28)20-10-13-23-19(16-20)7-4-14-27(23)25(29)21-6-3-5-18(2)15-21/h3,5-6,8-13,15-16H,4,7,14H2,1-2H3,(H,26,28). The van der Waals surface area contributed by atoms with Gasteiger partial charge in [0, 0.05) is 29.0 Å². The van der Waals surface area contributed by atoms with Crippen LogP contribution in [0.1, 0.15) is 43.8 Å². The molecule has 0 atom stereocenters. The molecule has 29 heavy (non-hydrogen) atoms. The summed E-state index contributed by atoms with van der Waals surface area (Å²) in [7, 11) is 0. The van der Waals surface area contributed by atoms with E-state index in [1.54, 1.807) is 6.07 Å². The molecule has 1 aliphatic heterocycles. The highest BCUT2D eigenvalue weighted by Crippen LogP contribution is 2.30. The molecule has 0 bridgehead atoms. The predicted octanol–water partition coefficient (Wildman–Crippen LogP) is 5.15.